The Balaban J connectivity index is 2.70. The summed E-state index contributed by atoms with van der Waals surface area (Å²) in [6.45, 7) is 4.28. The molecular weight excluding hydrogens is 230 g/mol. The van der Waals surface area contributed by atoms with Crippen LogP contribution in [0.5, 0.6) is 0 Å². The second-order valence-electron chi connectivity index (χ2n) is 4.13. The zero-order valence-corrected chi connectivity index (χ0v) is 11.0. The van der Waals surface area contributed by atoms with Crippen molar-refractivity contribution in [2.24, 2.45) is 0 Å². The fraction of sp³-hybridized carbons (Fsp3) is 0.385. The fourth-order valence-corrected chi connectivity index (χ4v) is 1.56. The molecule has 0 fully saturated rings. The quantitative estimate of drug-likeness (QED) is 0.774. The second kappa shape index (κ2) is 6.05. The third kappa shape index (κ3) is 3.23. The van der Waals surface area contributed by atoms with Crippen molar-refractivity contribution in [2.45, 2.75) is 13.8 Å². The van der Waals surface area contributed by atoms with Crippen molar-refractivity contribution >= 4 is 17.5 Å². The molecule has 98 valence electrons. The standard InChI is InChI=1S/C13H19N3O2/c1-4-16(3)11(17)8-15-13(18)12-9(2)6-5-7-10(12)14/h5-7H,4,8,14H2,1-3H3,(H,15,18). The maximum atomic E-state index is 11.9. The average molecular weight is 249 g/mol. The van der Waals surface area contributed by atoms with Crippen LogP contribution in [0.2, 0.25) is 0 Å². The van der Waals surface area contributed by atoms with Gasteiger partial charge in [0.2, 0.25) is 5.91 Å². The van der Waals surface area contributed by atoms with Gasteiger partial charge in [-0.15, -0.1) is 0 Å². The normalized spacial score (nSPS) is 9.94. The fourth-order valence-electron chi connectivity index (χ4n) is 1.56. The molecule has 0 aromatic heterocycles. The summed E-state index contributed by atoms with van der Waals surface area (Å²) in [6, 6.07) is 5.27. The topological polar surface area (TPSA) is 75.4 Å². The number of nitrogen functional groups attached to an aromatic ring is 1. The number of benzene rings is 1. The van der Waals surface area contributed by atoms with Crippen LogP contribution in [-0.2, 0) is 4.79 Å². The summed E-state index contributed by atoms with van der Waals surface area (Å²) >= 11 is 0. The zero-order valence-electron chi connectivity index (χ0n) is 11.0. The Morgan fingerprint density at radius 3 is 2.61 bits per heavy atom. The number of carbonyl (C=O) groups excluding carboxylic acids is 2. The first-order chi connectivity index (χ1) is 8.47. The van der Waals surface area contributed by atoms with Crippen molar-refractivity contribution in [1.29, 1.82) is 0 Å². The number of carbonyl (C=O) groups is 2. The third-order valence-electron chi connectivity index (χ3n) is 2.83. The summed E-state index contributed by atoms with van der Waals surface area (Å²) in [4.78, 5) is 25.0. The van der Waals surface area contributed by atoms with E-state index in [1.165, 1.54) is 0 Å². The first-order valence-electron chi connectivity index (χ1n) is 5.84. The molecule has 5 nitrogen and oxygen atoms in total. The predicted molar refractivity (Wildman–Crippen MR) is 71.2 cm³/mol. The van der Waals surface area contributed by atoms with Gasteiger partial charge >= 0.3 is 0 Å². The number of aryl methyl sites for hydroxylation is 1. The van der Waals surface area contributed by atoms with Gasteiger partial charge in [-0.05, 0) is 25.5 Å². The molecule has 0 unspecified atom stereocenters. The van der Waals surface area contributed by atoms with Crippen LogP contribution in [0, 0.1) is 6.92 Å². The highest BCUT2D eigenvalue weighted by Crippen LogP contribution is 2.15. The van der Waals surface area contributed by atoms with Crippen molar-refractivity contribution in [3.05, 3.63) is 29.3 Å². The van der Waals surface area contributed by atoms with E-state index in [9.17, 15) is 9.59 Å². The molecule has 0 aliphatic heterocycles. The number of rotatable bonds is 4. The molecule has 5 heteroatoms. The Labute approximate surface area is 107 Å². The van der Waals surface area contributed by atoms with E-state index in [-0.39, 0.29) is 18.4 Å². The molecular formula is C13H19N3O2. The largest absolute Gasteiger partial charge is 0.398 e. The van der Waals surface area contributed by atoms with Crippen molar-refractivity contribution in [3.63, 3.8) is 0 Å². The minimum absolute atomic E-state index is 0.0169. The molecule has 0 bridgehead atoms. The molecule has 0 heterocycles. The van der Waals surface area contributed by atoms with Gasteiger partial charge in [-0.2, -0.15) is 0 Å². The maximum Gasteiger partial charge on any atom is 0.254 e. The van der Waals surface area contributed by atoms with Crippen LogP contribution in [0.15, 0.2) is 18.2 Å². The van der Waals surface area contributed by atoms with Crippen molar-refractivity contribution < 1.29 is 9.59 Å². The SMILES string of the molecule is CCN(C)C(=O)CNC(=O)c1c(C)cccc1N. The molecule has 3 N–H and O–H groups in total. The molecule has 0 saturated carbocycles. The lowest BCUT2D eigenvalue weighted by atomic mass is 10.1. The minimum Gasteiger partial charge on any atom is -0.398 e. The molecule has 0 radical (unpaired) electrons. The van der Waals surface area contributed by atoms with Crippen LogP contribution in [-0.4, -0.2) is 36.9 Å². The molecule has 1 rings (SSSR count). The van der Waals surface area contributed by atoms with Crippen LogP contribution in [0.3, 0.4) is 0 Å². The second-order valence-corrected chi connectivity index (χ2v) is 4.13. The molecule has 1 aromatic rings. The summed E-state index contributed by atoms with van der Waals surface area (Å²) in [6.07, 6.45) is 0. The van der Waals surface area contributed by atoms with E-state index in [1.54, 1.807) is 24.1 Å². The van der Waals surface area contributed by atoms with Gasteiger partial charge in [-0.25, -0.2) is 0 Å². The van der Waals surface area contributed by atoms with E-state index in [0.717, 1.165) is 5.56 Å². The Hall–Kier alpha value is -2.04. The maximum absolute atomic E-state index is 11.9. The summed E-state index contributed by atoms with van der Waals surface area (Å²) < 4.78 is 0. The summed E-state index contributed by atoms with van der Waals surface area (Å²) in [5.74, 6) is -0.443. The number of nitrogens with two attached hydrogens (primary N) is 1. The number of likely N-dealkylation sites (N-methyl/N-ethyl adjacent to an activating group) is 1. The van der Waals surface area contributed by atoms with E-state index in [2.05, 4.69) is 5.32 Å². The van der Waals surface area contributed by atoms with E-state index >= 15 is 0 Å². The number of nitrogens with zero attached hydrogens (tertiary/aromatic N) is 1. The highest BCUT2D eigenvalue weighted by molar-refractivity contribution is 6.01. The minimum atomic E-state index is -0.316. The molecule has 1 aromatic carbocycles. The van der Waals surface area contributed by atoms with Crippen LogP contribution in [0.1, 0.15) is 22.8 Å². The third-order valence-corrected chi connectivity index (χ3v) is 2.83. The van der Waals surface area contributed by atoms with Gasteiger partial charge in [0.1, 0.15) is 0 Å². The first-order valence-corrected chi connectivity index (χ1v) is 5.84. The highest BCUT2D eigenvalue weighted by atomic mass is 16.2. The molecule has 18 heavy (non-hydrogen) atoms. The molecule has 0 atom stereocenters. The van der Waals surface area contributed by atoms with Gasteiger partial charge in [-0.1, -0.05) is 12.1 Å². The smallest absolute Gasteiger partial charge is 0.254 e. The number of hydrogen-bond donors (Lipinski definition) is 2. The Bertz CT molecular complexity index is 437. The zero-order chi connectivity index (χ0) is 13.7. The average Bonchev–Trinajstić information content (AvgIpc) is 2.34. The summed E-state index contributed by atoms with van der Waals surface area (Å²) in [5, 5.41) is 2.59. The van der Waals surface area contributed by atoms with Gasteiger partial charge in [0.15, 0.2) is 0 Å². The number of nitrogens with one attached hydrogen (secondary N) is 1. The summed E-state index contributed by atoms with van der Waals surface area (Å²) in [7, 11) is 1.69. The van der Waals surface area contributed by atoms with Crippen LogP contribution < -0.4 is 11.1 Å². The van der Waals surface area contributed by atoms with Crippen molar-refractivity contribution in [2.75, 3.05) is 25.9 Å². The lowest BCUT2D eigenvalue weighted by Gasteiger charge is -2.15. The lowest BCUT2D eigenvalue weighted by molar-refractivity contribution is -0.128. The summed E-state index contributed by atoms with van der Waals surface area (Å²) in [5.41, 5.74) is 7.41. The van der Waals surface area contributed by atoms with Gasteiger partial charge < -0.3 is 16.0 Å². The van der Waals surface area contributed by atoms with Crippen molar-refractivity contribution in [1.82, 2.24) is 10.2 Å². The van der Waals surface area contributed by atoms with E-state index in [4.69, 9.17) is 5.73 Å². The monoisotopic (exact) mass is 249 g/mol. The Kier molecular flexibility index (Phi) is 4.71. The number of amides is 2. The van der Waals surface area contributed by atoms with Crippen molar-refractivity contribution in [3.8, 4) is 0 Å². The van der Waals surface area contributed by atoms with E-state index in [0.29, 0.717) is 17.8 Å². The predicted octanol–water partition coefficient (Wildman–Crippen LogP) is 0.785. The Morgan fingerprint density at radius 1 is 1.39 bits per heavy atom. The van der Waals surface area contributed by atoms with Gasteiger partial charge in [0.25, 0.3) is 5.91 Å². The number of anilines is 1. The van der Waals surface area contributed by atoms with Gasteiger partial charge in [0, 0.05) is 19.3 Å². The molecule has 0 spiro atoms. The number of hydrogen-bond acceptors (Lipinski definition) is 3. The van der Waals surface area contributed by atoms with E-state index < -0.39 is 0 Å². The van der Waals surface area contributed by atoms with Crippen LogP contribution in [0.4, 0.5) is 5.69 Å². The first kappa shape index (κ1) is 14.0. The lowest BCUT2D eigenvalue weighted by Crippen LogP contribution is -2.38. The molecule has 0 aliphatic carbocycles. The van der Waals surface area contributed by atoms with Gasteiger partial charge in [-0.3, -0.25) is 9.59 Å². The molecule has 0 saturated heterocycles. The molecule has 2 amide bonds. The Morgan fingerprint density at radius 2 is 2.06 bits per heavy atom. The van der Waals surface area contributed by atoms with Gasteiger partial charge in [0.05, 0.1) is 12.1 Å². The van der Waals surface area contributed by atoms with E-state index in [1.807, 2.05) is 19.9 Å². The van der Waals surface area contributed by atoms with Crippen LogP contribution in [0.25, 0.3) is 0 Å². The van der Waals surface area contributed by atoms with Crippen LogP contribution >= 0.6 is 0 Å². The highest BCUT2D eigenvalue weighted by Gasteiger charge is 2.14. The molecule has 0 aliphatic rings.